The van der Waals surface area contributed by atoms with Crippen LogP contribution in [0.25, 0.3) is 0 Å². The third-order valence-corrected chi connectivity index (χ3v) is 7.58. The van der Waals surface area contributed by atoms with Gasteiger partial charge in [0, 0.05) is 36.5 Å². The minimum atomic E-state index is -0.796. The minimum absolute atomic E-state index is 0.0825. The van der Waals surface area contributed by atoms with Crippen molar-refractivity contribution in [3.8, 4) is 0 Å². The Morgan fingerprint density at radius 3 is 2.63 bits per heavy atom. The lowest BCUT2D eigenvalue weighted by Crippen LogP contribution is -2.40. The summed E-state index contributed by atoms with van der Waals surface area (Å²) in [5.41, 5.74) is 4.15. The molecule has 1 fully saturated rings. The van der Waals surface area contributed by atoms with Gasteiger partial charge in [-0.05, 0) is 56.0 Å². The van der Waals surface area contributed by atoms with E-state index in [4.69, 9.17) is 9.82 Å². The number of urea groups is 1. The number of hydrogen-bond acceptors (Lipinski definition) is 5. The molecular weight excluding hydrogens is 470 g/mol. The third-order valence-electron chi connectivity index (χ3n) is 6.57. The molecule has 2 amide bonds. The molecule has 3 heterocycles. The molecule has 0 aliphatic carbocycles. The summed E-state index contributed by atoms with van der Waals surface area (Å²) in [6.45, 7) is 5.28. The second kappa shape index (κ2) is 9.73. The SMILES string of the molecule is Cc1ccc(C)c(NC(=O)N2CCC(c3nc(C4=NO[C@@H](c5c(F)cccc5F)C4)cs3)CC2)c1. The maximum absolute atomic E-state index is 14.1. The van der Waals surface area contributed by atoms with Gasteiger partial charge in [0.1, 0.15) is 17.3 Å². The van der Waals surface area contributed by atoms with Gasteiger partial charge in [0.05, 0.1) is 16.3 Å². The van der Waals surface area contributed by atoms with E-state index in [9.17, 15) is 13.6 Å². The lowest BCUT2D eigenvalue weighted by atomic mass is 9.97. The lowest BCUT2D eigenvalue weighted by molar-refractivity contribution is 0.0800. The first-order valence-electron chi connectivity index (χ1n) is 11.6. The average molecular weight is 497 g/mol. The molecule has 1 saturated heterocycles. The zero-order valence-electron chi connectivity index (χ0n) is 19.6. The first-order chi connectivity index (χ1) is 16.9. The van der Waals surface area contributed by atoms with Crippen molar-refractivity contribution in [2.45, 2.75) is 45.1 Å². The highest BCUT2D eigenvalue weighted by atomic mass is 32.1. The van der Waals surface area contributed by atoms with Gasteiger partial charge in [-0.2, -0.15) is 0 Å². The number of hydrogen-bond donors (Lipinski definition) is 1. The van der Waals surface area contributed by atoms with Crippen LogP contribution in [0.1, 0.15) is 58.7 Å². The second-order valence-corrected chi connectivity index (χ2v) is 9.94. The Bertz CT molecular complexity index is 1260. The minimum Gasteiger partial charge on any atom is -0.387 e. The number of thiazole rings is 1. The van der Waals surface area contributed by atoms with Crippen molar-refractivity contribution >= 4 is 28.8 Å². The average Bonchev–Trinajstić information content (AvgIpc) is 3.52. The molecule has 5 rings (SSSR count). The Labute approximate surface area is 206 Å². The van der Waals surface area contributed by atoms with E-state index in [1.54, 1.807) is 11.3 Å². The molecular formula is C26H26F2N4O2S. The van der Waals surface area contributed by atoms with Gasteiger partial charge in [0.25, 0.3) is 0 Å². The molecule has 2 aromatic carbocycles. The molecule has 0 unspecified atom stereocenters. The Morgan fingerprint density at radius 1 is 1.14 bits per heavy atom. The maximum Gasteiger partial charge on any atom is 0.321 e. The molecule has 35 heavy (non-hydrogen) atoms. The molecule has 9 heteroatoms. The number of carbonyl (C=O) groups is 1. The van der Waals surface area contributed by atoms with Crippen LogP contribution in [0, 0.1) is 25.5 Å². The monoisotopic (exact) mass is 496 g/mol. The van der Waals surface area contributed by atoms with Crippen molar-refractivity contribution in [3.05, 3.63) is 80.8 Å². The maximum atomic E-state index is 14.1. The van der Waals surface area contributed by atoms with Crippen LogP contribution in [-0.2, 0) is 4.84 Å². The van der Waals surface area contributed by atoms with Crippen LogP contribution in [-0.4, -0.2) is 34.7 Å². The predicted molar refractivity (Wildman–Crippen MR) is 132 cm³/mol. The summed E-state index contributed by atoms with van der Waals surface area (Å²) in [6, 6.07) is 9.70. The fourth-order valence-corrected chi connectivity index (χ4v) is 5.50. The fourth-order valence-electron chi connectivity index (χ4n) is 4.50. The molecule has 6 nitrogen and oxygen atoms in total. The highest BCUT2D eigenvalue weighted by molar-refractivity contribution is 7.10. The van der Waals surface area contributed by atoms with E-state index in [1.807, 2.05) is 42.3 Å². The number of amides is 2. The Morgan fingerprint density at radius 2 is 1.89 bits per heavy atom. The van der Waals surface area contributed by atoms with Crippen LogP contribution in [0.3, 0.4) is 0 Å². The molecule has 0 bridgehead atoms. The number of likely N-dealkylation sites (tertiary alicyclic amines) is 1. The molecule has 1 N–H and O–H groups in total. The molecule has 3 aromatic rings. The molecule has 0 radical (unpaired) electrons. The van der Waals surface area contributed by atoms with Crippen LogP contribution in [0.4, 0.5) is 19.3 Å². The zero-order chi connectivity index (χ0) is 24.5. The van der Waals surface area contributed by atoms with Gasteiger partial charge in [0.2, 0.25) is 0 Å². The van der Waals surface area contributed by atoms with Gasteiger partial charge < -0.3 is 15.1 Å². The number of aryl methyl sites for hydroxylation is 2. The highest BCUT2D eigenvalue weighted by Gasteiger charge is 2.31. The van der Waals surface area contributed by atoms with E-state index in [2.05, 4.69) is 10.5 Å². The number of piperidine rings is 1. The zero-order valence-corrected chi connectivity index (χ0v) is 20.4. The second-order valence-electron chi connectivity index (χ2n) is 9.05. The van der Waals surface area contributed by atoms with Gasteiger partial charge in [-0.1, -0.05) is 23.4 Å². The molecule has 0 spiro atoms. The van der Waals surface area contributed by atoms with E-state index in [0.717, 1.165) is 34.7 Å². The molecule has 2 aliphatic heterocycles. The normalized spacial score (nSPS) is 18.3. The summed E-state index contributed by atoms with van der Waals surface area (Å²) in [6.07, 6.45) is 1.10. The summed E-state index contributed by atoms with van der Waals surface area (Å²) in [5, 5.41) is 9.99. The number of halogens is 2. The molecule has 182 valence electrons. The van der Waals surface area contributed by atoms with E-state index in [0.29, 0.717) is 24.5 Å². The number of anilines is 1. The highest BCUT2D eigenvalue weighted by Crippen LogP contribution is 2.35. The third kappa shape index (κ3) is 4.91. The van der Waals surface area contributed by atoms with Crippen LogP contribution in [0.5, 0.6) is 0 Å². The smallest absolute Gasteiger partial charge is 0.321 e. The van der Waals surface area contributed by atoms with Crippen molar-refractivity contribution < 1.29 is 18.4 Å². The van der Waals surface area contributed by atoms with Gasteiger partial charge >= 0.3 is 6.03 Å². The van der Waals surface area contributed by atoms with Gasteiger partial charge in [-0.15, -0.1) is 11.3 Å². The largest absolute Gasteiger partial charge is 0.387 e. The molecule has 1 aromatic heterocycles. The van der Waals surface area contributed by atoms with Crippen LogP contribution < -0.4 is 5.32 Å². The summed E-state index contributed by atoms with van der Waals surface area (Å²) in [4.78, 5) is 24.7. The number of oxime groups is 1. The number of aromatic nitrogens is 1. The fraction of sp³-hybridized carbons (Fsp3) is 0.346. The van der Waals surface area contributed by atoms with Gasteiger partial charge in [-0.25, -0.2) is 18.6 Å². The summed E-state index contributed by atoms with van der Waals surface area (Å²) in [7, 11) is 0. The summed E-state index contributed by atoms with van der Waals surface area (Å²) in [5.74, 6) is -1.03. The van der Waals surface area contributed by atoms with Crippen LogP contribution in [0.15, 0.2) is 46.9 Å². The van der Waals surface area contributed by atoms with Gasteiger partial charge in [-0.3, -0.25) is 0 Å². The summed E-state index contributed by atoms with van der Waals surface area (Å²) >= 11 is 1.55. The Kier molecular flexibility index (Phi) is 6.51. The van der Waals surface area contributed by atoms with Crippen molar-refractivity contribution in [2.24, 2.45) is 5.16 Å². The Hall–Kier alpha value is -3.33. The van der Waals surface area contributed by atoms with E-state index >= 15 is 0 Å². The van der Waals surface area contributed by atoms with Crippen molar-refractivity contribution in [1.82, 2.24) is 9.88 Å². The van der Waals surface area contributed by atoms with E-state index in [-0.39, 0.29) is 23.9 Å². The quantitative estimate of drug-likeness (QED) is 0.460. The van der Waals surface area contributed by atoms with Crippen molar-refractivity contribution in [2.75, 3.05) is 18.4 Å². The first kappa shape index (κ1) is 23.4. The number of nitrogens with one attached hydrogen (secondary N) is 1. The number of nitrogens with zero attached hydrogens (tertiary/aromatic N) is 3. The molecule has 2 aliphatic rings. The van der Waals surface area contributed by atoms with Crippen LogP contribution in [0.2, 0.25) is 0 Å². The lowest BCUT2D eigenvalue weighted by Gasteiger charge is -2.31. The topological polar surface area (TPSA) is 66.8 Å². The number of benzene rings is 2. The Balaban J connectivity index is 1.18. The summed E-state index contributed by atoms with van der Waals surface area (Å²) < 4.78 is 28.2. The predicted octanol–water partition coefficient (Wildman–Crippen LogP) is 6.32. The standard InChI is InChI=1S/C26H26F2N4O2S/c1-15-6-7-16(2)20(12-15)30-26(33)32-10-8-17(9-11-32)25-29-22(14-35-25)21-13-23(34-31-21)24-18(27)4-3-5-19(24)28/h3-7,12,14,17,23H,8-11,13H2,1-2H3,(H,30,33)/t23-/m1/s1. The molecule has 1 atom stereocenters. The van der Waals surface area contributed by atoms with Gasteiger partial charge in [0.15, 0.2) is 6.10 Å². The van der Waals surface area contributed by atoms with E-state index in [1.165, 1.54) is 18.2 Å². The van der Waals surface area contributed by atoms with Crippen LogP contribution >= 0.6 is 11.3 Å². The molecule has 0 saturated carbocycles. The van der Waals surface area contributed by atoms with E-state index < -0.39 is 17.7 Å². The van der Waals surface area contributed by atoms with Crippen molar-refractivity contribution in [3.63, 3.8) is 0 Å². The van der Waals surface area contributed by atoms with Crippen molar-refractivity contribution in [1.29, 1.82) is 0 Å². The number of carbonyl (C=O) groups excluding carboxylic acids is 1. The first-order valence-corrected chi connectivity index (χ1v) is 12.5. The number of rotatable bonds is 4.